The summed E-state index contributed by atoms with van der Waals surface area (Å²) >= 11 is 0. The van der Waals surface area contributed by atoms with Crippen LogP contribution in [0.4, 0.5) is 31.1 Å². The van der Waals surface area contributed by atoms with Crippen molar-refractivity contribution < 1.29 is 45.4 Å². The maximum atomic E-state index is 13.9. The Hall–Kier alpha value is -3.64. The summed E-state index contributed by atoms with van der Waals surface area (Å²) in [6.07, 6.45) is -8.48. The van der Waals surface area contributed by atoms with Crippen molar-refractivity contribution in [1.29, 1.82) is 0 Å². The number of nitrogens with one attached hydrogen (secondary N) is 1. The molecule has 1 saturated heterocycles. The molecule has 2 aromatic rings. The molecule has 41 heavy (non-hydrogen) atoms. The van der Waals surface area contributed by atoms with Crippen LogP contribution in [0.2, 0.25) is 0 Å². The number of amides is 1. The van der Waals surface area contributed by atoms with Gasteiger partial charge in [-0.1, -0.05) is 17.3 Å². The fourth-order valence-electron chi connectivity index (χ4n) is 4.60. The molecule has 1 fully saturated rings. The summed E-state index contributed by atoms with van der Waals surface area (Å²) in [6, 6.07) is 7.70. The molecule has 4 rings (SSSR count). The first-order valence-electron chi connectivity index (χ1n) is 13.1. The minimum atomic E-state index is -4.73. The molecule has 2 aromatic carbocycles. The number of ether oxygens (including phenoxy) is 2. The van der Waals surface area contributed by atoms with Gasteiger partial charge < -0.3 is 19.6 Å². The van der Waals surface area contributed by atoms with Gasteiger partial charge in [0.15, 0.2) is 5.84 Å². The van der Waals surface area contributed by atoms with Gasteiger partial charge in [0, 0.05) is 12.1 Å². The molecule has 2 heterocycles. The van der Waals surface area contributed by atoms with Crippen LogP contribution in [0.25, 0.3) is 0 Å². The van der Waals surface area contributed by atoms with E-state index in [2.05, 4.69) is 10.5 Å². The van der Waals surface area contributed by atoms with E-state index in [1.54, 1.807) is 20.8 Å². The lowest BCUT2D eigenvalue weighted by atomic mass is 10.1. The number of carbonyl (C=O) groups excluding carboxylic acids is 1. The van der Waals surface area contributed by atoms with Gasteiger partial charge >= 0.3 is 18.4 Å². The van der Waals surface area contributed by atoms with Crippen molar-refractivity contribution >= 4 is 11.9 Å². The van der Waals surface area contributed by atoms with E-state index in [-0.39, 0.29) is 23.8 Å². The Morgan fingerprint density at radius 3 is 2.39 bits per heavy atom. The third-order valence-corrected chi connectivity index (χ3v) is 6.52. The zero-order chi connectivity index (χ0) is 30.0. The molecule has 0 radical (unpaired) electrons. The third kappa shape index (κ3) is 7.76. The van der Waals surface area contributed by atoms with E-state index in [9.17, 15) is 31.1 Å². The molecule has 0 saturated carbocycles. The van der Waals surface area contributed by atoms with Crippen molar-refractivity contribution in [3.8, 4) is 5.75 Å². The molecule has 2 unspecified atom stereocenters. The standard InChI is InChI=1S/C28H31F6N3O4/c1-26(2,3)40-25(38)37-14-4-7-21(37)24-35-23(36-41-24)18-10-13-22(20(16-18)28(32,33)34)39-15-5-6-17-8-11-19(12-9-17)27(29,30)31/h8-13,16,21,24H,4-7,14-15H2,1-3H3,(H,35,36). The van der Waals surface area contributed by atoms with Gasteiger partial charge in [0.2, 0.25) is 6.23 Å². The summed E-state index contributed by atoms with van der Waals surface area (Å²) in [5.41, 5.74) is -1.72. The Labute approximate surface area is 233 Å². The summed E-state index contributed by atoms with van der Waals surface area (Å²) < 4.78 is 90.7. The molecular weight excluding hydrogens is 556 g/mol. The second-order valence-electron chi connectivity index (χ2n) is 10.8. The van der Waals surface area contributed by atoms with E-state index in [4.69, 9.17) is 14.3 Å². The second-order valence-corrected chi connectivity index (χ2v) is 10.8. The van der Waals surface area contributed by atoms with Crippen LogP contribution in [0.1, 0.15) is 62.3 Å². The van der Waals surface area contributed by atoms with Crippen LogP contribution >= 0.6 is 0 Å². The van der Waals surface area contributed by atoms with Crippen molar-refractivity contribution in [2.75, 3.05) is 13.2 Å². The van der Waals surface area contributed by atoms with Crippen molar-refractivity contribution in [3.05, 3.63) is 64.7 Å². The molecule has 0 aromatic heterocycles. The number of nitrogens with zero attached hydrogens (tertiary/aromatic N) is 2. The number of alkyl halides is 6. The zero-order valence-corrected chi connectivity index (χ0v) is 22.7. The lowest BCUT2D eigenvalue weighted by molar-refractivity contribution is -0.139. The monoisotopic (exact) mass is 587 g/mol. The highest BCUT2D eigenvalue weighted by Gasteiger charge is 2.41. The molecule has 13 heteroatoms. The number of aryl methyl sites for hydroxylation is 1. The fraction of sp³-hybridized carbons (Fsp3) is 0.500. The first-order chi connectivity index (χ1) is 19.1. The highest BCUT2D eigenvalue weighted by atomic mass is 19.4. The lowest BCUT2D eigenvalue weighted by Crippen LogP contribution is -2.50. The van der Waals surface area contributed by atoms with Gasteiger partial charge in [-0.05, 0) is 82.3 Å². The highest BCUT2D eigenvalue weighted by molar-refractivity contribution is 5.99. The van der Waals surface area contributed by atoms with Crippen LogP contribution in [0.5, 0.6) is 5.75 Å². The van der Waals surface area contributed by atoms with Crippen molar-refractivity contribution in [2.24, 2.45) is 5.16 Å². The van der Waals surface area contributed by atoms with Crippen LogP contribution in [0, 0.1) is 0 Å². The average molecular weight is 588 g/mol. The largest absolute Gasteiger partial charge is 0.493 e. The van der Waals surface area contributed by atoms with E-state index < -0.39 is 47.4 Å². The number of likely N-dealkylation sites (tertiary alicyclic amines) is 1. The smallest absolute Gasteiger partial charge is 0.419 e. The van der Waals surface area contributed by atoms with E-state index in [0.29, 0.717) is 37.8 Å². The second kappa shape index (κ2) is 11.7. The van der Waals surface area contributed by atoms with Gasteiger partial charge in [-0.15, -0.1) is 0 Å². The number of rotatable bonds is 7. The first-order valence-corrected chi connectivity index (χ1v) is 13.1. The van der Waals surface area contributed by atoms with Crippen LogP contribution in [-0.2, 0) is 28.3 Å². The predicted octanol–water partition coefficient (Wildman–Crippen LogP) is 6.74. The van der Waals surface area contributed by atoms with Crippen LogP contribution in [0.3, 0.4) is 0 Å². The molecule has 2 aliphatic heterocycles. The Morgan fingerprint density at radius 2 is 1.76 bits per heavy atom. The van der Waals surface area contributed by atoms with E-state index >= 15 is 0 Å². The molecule has 224 valence electrons. The first kappa shape index (κ1) is 30.3. The minimum absolute atomic E-state index is 0.0734. The summed E-state index contributed by atoms with van der Waals surface area (Å²) in [5.74, 6) is -0.290. The number of hydrogen-bond acceptors (Lipinski definition) is 6. The van der Waals surface area contributed by atoms with Crippen molar-refractivity contribution in [2.45, 2.75) is 76.7 Å². The number of halogens is 6. The van der Waals surface area contributed by atoms with E-state index in [1.165, 1.54) is 29.2 Å². The molecule has 0 bridgehead atoms. The molecule has 0 aliphatic carbocycles. The molecule has 1 amide bonds. The SMILES string of the molecule is CC(C)(C)OC(=O)N1CCCC1C1NC(c2ccc(OCCCc3ccc(C(F)(F)F)cc3)c(C(F)(F)F)c2)=NO1. The van der Waals surface area contributed by atoms with Crippen molar-refractivity contribution in [3.63, 3.8) is 0 Å². The molecule has 1 N–H and O–H groups in total. The Bertz CT molecular complexity index is 1260. The highest BCUT2D eigenvalue weighted by Crippen LogP contribution is 2.37. The summed E-state index contributed by atoms with van der Waals surface area (Å²) in [6.45, 7) is 5.65. The van der Waals surface area contributed by atoms with Crippen LogP contribution in [-0.4, -0.2) is 47.9 Å². The molecular formula is C28H31F6N3O4. The van der Waals surface area contributed by atoms with E-state index in [0.717, 1.165) is 18.2 Å². The van der Waals surface area contributed by atoms with Crippen LogP contribution < -0.4 is 10.1 Å². The van der Waals surface area contributed by atoms with Gasteiger partial charge in [0.05, 0.1) is 23.8 Å². The lowest BCUT2D eigenvalue weighted by Gasteiger charge is -2.30. The Balaban J connectivity index is 1.37. The number of benzene rings is 2. The molecule has 0 spiro atoms. The Morgan fingerprint density at radius 1 is 1.05 bits per heavy atom. The molecule has 7 nitrogen and oxygen atoms in total. The third-order valence-electron chi connectivity index (χ3n) is 6.52. The summed E-state index contributed by atoms with van der Waals surface area (Å²) in [5, 5.41) is 6.91. The van der Waals surface area contributed by atoms with Gasteiger partial charge in [-0.3, -0.25) is 4.90 Å². The van der Waals surface area contributed by atoms with E-state index in [1.807, 2.05) is 0 Å². The Kier molecular flexibility index (Phi) is 8.65. The minimum Gasteiger partial charge on any atom is -0.493 e. The maximum Gasteiger partial charge on any atom is 0.419 e. The topological polar surface area (TPSA) is 72.4 Å². The number of hydrogen-bond donors (Lipinski definition) is 1. The normalized spacial score (nSPS) is 19.4. The van der Waals surface area contributed by atoms with Gasteiger partial charge in [0.25, 0.3) is 0 Å². The zero-order valence-electron chi connectivity index (χ0n) is 22.7. The van der Waals surface area contributed by atoms with Crippen molar-refractivity contribution in [1.82, 2.24) is 10.2 Å². The quantitative estimate of drug-likeness (QED) is 0.287. The number of oxime groups is 1. The van der Waals surface area contributed by atoms with Crippen LogP contribution in [0.15, 0.2) is 47.6 Å². The van der Waals surface area contributed by atoms with Gasteiger partial charge in [0.1, 0.15) is 11.4 Å². The fourth-order valence-corrected chi connectivity index (χ4v) is 4.60. The van der Waals surface area contributed by atoms with Gasteiger partial charge in [-0.2, -0.15) is 26.3 Å². The predicted molar refractivity (Wildman–Crippen MR) is 137 cm³/mol. The number of carbonyl (C=O) groups is 1. The maximum absolute atomic E-state index is 13.9. The van der Waals surface area contributed by atoms with Gasteiger partial charge in [-0.25, -0.2) is 4.79 Å². The average Bonchev–Trinajstić information content (AvgIpc) is 3.55. The number of amidine groups is 1. The molecule has 2 aliphatic rings. The molecule has 2 atom stereocenters. The summed E-state index contributed by atoms with van der Waals surface area (Å²) in [4.78, 5) is 19.6. The summed E-state index contributed by atoms with van der Waals surface area (Å²) in [7, 11) is 0.